The quantitative estimate of drug-likeness (QED) is 0.676. The maximum Gasteiger partial charge on any atom is 0.134 e. The number of methoxy groups -OCH3 is 2. The molecule has 0 aliphatic heterocycles. The van der Waals surface area contributed by atoms with Crippen molar-refractivity contribution in [2.75, 3.05) is 20.0 Å². The number of hydrogen-bond donors (Lipinski definition) is 1. The SMILES string of the molecule is COc1cc(N)ccc1SCc1ncc(C)c(OC)c1C. The molecule has 0 radical (unpaired) electrons. The fraction of sp³-hybridized carbons (Fsp3) is 0.312. The third-order valence-corrected chi connectivity index (χ3v) is 4.37. The molecule has 0 bridgehead atoms. The van der Waals surface area contributed by atoms with E-state index in [0.29, 0.717) is 5.69 Å². The Kier molecular flexibility index (Phi) is 4.96. The van der Waals surface area contributed by atoms with Crippen LogP contribution in [0, 0.1) is 13.8 Å². The fourth-order valence-electron chi connectivity index (χ4n) is 2.17. The average Bonchev–Trinajstić information content (AvgIpc) is 2.48. The number of nitrogens with zero attached hydrogens (tertiary/aromatic N) is 1. The first-order valence-electron chi connectivity index (χ1n) is 6.62. The molecule has 0 atom stereocenters. The molecule has 21 heavy (non-hydrogen) atoms. The number of anilines is 1. The lowest BCUT2D eigenvalue weighted by atomic mass is 10.1. The Morgan fingerprint density at radius 3 is 2.62 bits per heavy atom. The van der Waals surface area contributed by atoms with Crippen molar-refractivity contribution in [2.45, 2.75) is 24.5 Å². The van der Waals surface area contributed by atoms with Gasteiger partial charge in [0.15, 0.2) is 0 Å². The van der Waals surface area contributed by atoms with E-state index in [4.69, 9.17) is 15.2 Å². The largest absolute Gasteiger partial charge is 0.496 e. The number of nitrogen functional groups attached to an aromatic ring is 1. The van der Waals surface area contributed by atoms with Crippen LogP contribution in [-0.4, -0.2) is 19.2 Å². The van der Waals surface area contributed by atoms with Crippen molar-refractivity contribution in [2.24, 2.45) is 0 Å². The van der Waals surface area contributed by atoms with E-state index in [1.54, 1.807) is 26.0 Å². The molecule has 1 aromatic heterocycles. The molecule has 2 N–H and O–H groups in total. The lowest BCUT2D eigenvalue weighted by molar-refractivity contribution is 0.405. The van der Waals surface area contributed by atoms with Crippen LogP contribution in [0.1, 0.15) is 16.8 Å². The van der Waals surface area contributed by atoms with Gasteiger partial charge in [0.05, 0.1) is 19.9 Å². The lowest BCUT2D eigenvalue weighted by Crippen LogP contribution is -1.99. The first-order chi connectivity index (χ1) is 10.1. The highest BCUT2D eigenvalue weighted by molar-refractivity contribution is 7.98. The number of aromatic nitrogens is 1. The summed E-state index contributed by atoms with van der Waals surface area (Å²) in [5.41, 5.74) is 9.62. The van der Waals surface area contributed by atoms with Gasteiger partial charge >= 0.3 is 0 Å². The zero-order chi connectivity index (χ0) is 15.4. The molecule has 0 spiro atoms. The highest BCUT2D eigenvalue weighted by Crippen LogP contribution is 2.34. The number of nitrogens with two attached hydrogens (primary N) is 1. The number of ether oxygens (including phenoxy) is 2. The maximum atomic E-state index is 5.77. The molecule has 2 rings (SSSR count). The van der Waals surface area contributed by atoms with E-state index in [1.807, 2.05) is 38.2 Å². The predicted octanol–water partition coefficient (Wildman–Crippen LogP) is 3.59. The zero-order valence-corrected chi connectivity index (χ0v) is 13.6. The van der Waals surface area contributed by atoms with Gasteiger partial charge in [0.1, 0.15) is 11.5 Å². The van der Waals surface area contributed by atoms with E-state index in [1.165, 1.54) is 0 Å². The van der Waals surface area contributed by atoms with Crippen molar-refractivity contribution in [1.82, 2.24) is 4.98 Å². The topological polar surface area (TPSA) is 57.4 Å². The maximum absolute atomic E-state index is 5.77. The number of thioether (sulfide) groups is 1. The van der Waals surface area contributed by atoms with Crippen LogP contribution in [0.3, 0.4) is 0 Å². The minimum Gasteiger partial charge on any atom is -0.496 e. The van der Waals surface area contributed by atoms with Crippen LogP contribution >= 0.6 is 11.8 Å². The summed E-state index contributed by atoms with van der Waals surface area (Å²) in [4.78, 5) is 5.56. The van der Waals surface area contributed by atoms with Crippen molar-refractivity contribution in [3.05, 3.63) is 41.2 Å². The number of benzene rings is 1. The first kappa shape index (κ1) is 15.5. The van der Waals surface area contributed by atoms with Gasteiger partial charge in [-0.1, -0.05) is 0 Å². The lowest BCUT2D eigenvalue weighted by Gasteiger charge is -2.13. The van der Waals surface area contributed by atoms with Crippen molar-refractivity contribution in [3.63, 3.8) is 0 Å². The van der Waals surface area contributed by atoms with Gasteiger partial charge in [-0.15, -0.1) is 11.8 Å². The molecule has 0 saturated carbocycles. The highest BCUT2D eigenvalue weighted by atomic mass is 32.2. The minimum atomic E-state index is 0.697. The van der Waals surface area contributed by atoms with E-state index in [-0.39, 0.29) is 0 Å². The van der Waals surface area contributed by atoms with E-state index < -0.39 is 0 Å². The van der Waals surface area contributed by atoms with Crippen LogP contribution in [-0.2, 0) is 5.75 Å². The summed E-state index contributed by atoms with van der Waals surface area (Å²) in [5, 5.41) is 0. The molecule has 0 unspecified atom stereocenters. The Morgan fingerprint density at radius 1 is 1.19 bits per heavy atom. The highest BCUT2D eigenvalue weighted by Gasteiger charge is 2.11. The molecule has 5 heteroatoms. The zero-order valence-electron chi connectivity index (χ0n) is 12.8. The number of rotatable bonds is 5. The average molecular weight is 304 g/mol. The summed E-state index contributed by atoms with van der Waals surface area (Å²) in [6.07, 6.45) is 1.85. The summed E-state index contributed by atoms with van der Waals surface area (Å²) in [6.45, 7) is 4.04. The monoisotopic (exact) mass is 304 g/mol. The molecule has 0 fully saturated rings. The van der Waals surface area contributed by atoms with E-state index in [2.05, 4.69) is 4.98 Å². The molecule has 1 heterocycles. The van der Waals surface area contributed by atoms with E-state index in [9.17, 15) is 0 Å². The van der Waals surface area contributed by atoms with Crippen LogP contribution in [0.15, 0.2) is 29.3 Å². The normalized spacial score (nSPS) is 10.5. The molecule has 0 saturated heterocycles. The molecule has 0 aliphatic carbocycles. The molecule has 0 amide bonds. The Morgan fingerprint density at radius 2 is 1.95 bits per heavy atom. The van der Waals surface area contributed by atoms with Gasteiger partial charge in [-0.25, -0.2) is 0 Å². The fourth-order valence-corrected chi connectivity index (χ4v) is 3.20. The Bertz CT molecular complexity index is 644. The summed E-state index contributed by atoms with van der Waals surface area (Å²) < 4.78 is 10.8. The van der Waals surface area contributed by atoms with Gasteiger partial charge in [-0.05, 0) is 26.0 Å². The van der Waals surface area contributed by atoms with Gasteiger partial charge in [-0.3, -0.25) is 4.98 Å². The van der Waals surface area contributed by atoms with E-state index in [0.717, 1.165) is 39.0 Å². The number of pyridine rings is 1. The van der Waals surface area contributed by atoms with Crippen molar-refractivity contribution < 1.29 is 9.47 Å². The standard InChI is InChI=1S/C16H20N2O2S/c1-10-8-18-13(11(2)16(10)20-4)9-21-15-6-5-12(17)7-14(15)19-3/h5-8H,9,17H2,1-4H3. The molecular formula is C16H20N2O2S. The third kappa shape index (κ3) is 3.42. The number of aryl methyl sites for hydroxylation is 1. The van der Waals surface area contributed by atoms with Gasteiger partial charge in [-0.2, -0.15) is 0 Å². The van der Waals surface area contributed by atoms with Crippen molar-refractivity contribution >= 4 is 17.4 Å². The molecular weight excluding hydrogens is 284 g/mol. The van der Waals surface area contributed by atoms with E-state index >= 15 is 0 Å². The molecule has 4 nitrogen and oxygen atoms in total. The second kappa shape index (κ2) is 6.72. The van der Waals surface area contributed by atoms with Crippen LogP contribution in [0.4, 0.5) is 5.69 Å². The Balaban J connectivity index is 2.21. The second-order valence-electron chi connectivity index (χ2n) is 4.75. The summed E-state index contributed by atoms with van der Waals surface area (Å²) in [5.74, 6) is 2.45. The summed E-state index contributed by atoms with van der Waals surface area (Å²) in [7, 11) is 3.34. The van der Waals surface area contributed by atoms with Gasteiger partial charge in [0.2, 0.25) is 0 Å². The Labute approximate surface area is 129 Å². The summed E-state index contributed by atoms with van der Waals surface area (Å²) >= 11 is 1.67. The molecule has 0 aliphatic rings. The predicted molar refractivity (Wildman–Crippen MR) is 87.2 cm³/mol. The summed E-state index contributed by atoms with van der Waals surface area (Å²) in [6, 6.07) is 5.68. The minimum absolute atomic E-state index is 0.697. The van der Waals surface area contributed by atoms with Crippen LogP contribution < -0.4 is 15.2 Å². The van der Waals surface area contributed by atoms with Gasteiger partial charge < -0.3 is 15.2 Å². The van der Waals surface area contributed by atoms with Crippen molar-refractivity contribution in [1.29, 1.82) is 0 Å². The van der Waals surface area contributed by atoms with Crippen LogP contribution in [0.5, 0.6) is 11.5 Å². The van der Waals surface area contributed by atoms with Crippen molar-refractivity contribution in [3.8, 4) is 11.5 Å². The van der Waals surface area contributed by atoms with Gasteiger partial charge in [0, 0.05) is 39.7 Å². The molecule has 112 valence electrons. The van der Waals surface area contributed by atoms with Crippen LogP contribution in [0.25, 0.3) is 0 Å². The Hall–Kier alpha value is -1.88. The van der Waals surface area contributed by atoms with Gasteiger partial charge in [0.25, 0.3) is 0 Å². The first-order valence-corrected chi connectivity index (χ1v) is 7.60. The van der Waals surface area contributed by atoms with Crippen LogP contribution in [0.2, 0.25) is 0 Å². The molecule has 2 aromatic rings. The smallest absolute Gasteiger partial charge is 0.134 e. The molecule has 1 aromatic carbocycles. The number of hydrogen-bond acceptors (Lipinski definition) is 5. The third-order valence-electron chi connectivity index (χ3n) is 3.30. The second-order valence-corrected chi connectivity index (χ2v) is 5.76.